The number of piperidine rings is 1. The number of carbonyl (C=O) groups is 1. The summed E-state index contributed by atoms with van der Waals surface area (Å²) >= 11 is 0. The summed E-state index contributed by atoms with van der Waals surface area (Å²) in [5.74, 6) is 0.609. The number of benzene rings is 1. The van der Waals surface area contributed by atoms with Crippen LogP contribution < -0.4 is 16.0 Å². The van der Waals surface area contributed by atoms with E-state index in [2.05, 4.69) is 39.7 Å². The molecule has 1 aliphatic rings. The van der Waals surface area contributed by atoms with Crippen LogP contribution in [0.3, 0.4) is 0 Å². The topological polar surface area (TPSA) is 89.0 Å². The van der Waals surface area contributed by atoms with Crippen molar-refractivity contribution < 1.29 is 9.90 Å². The van der Waals surface area contributed by atoms with Gasteiger partial charge in [-0.05, 0) is 71.0 Å². The van der Waals surface area contributed by atoms with E-state index in [0.717, 1.165) is 26.2 Å². The highest BCUT2D eigenvalue weighted by Crippen LogP contribution is 2.19. The lowest BCUT2D eigenvalue weighted by atomic mass is 9.98. The summed E-state index contributed by atoms with van der Waals surface area (Å²) in [6, 6.07) is 6.38. The second-order valence-corrected chi connectivity index (χ2v) is 7.50. The van der Waals surface area contributed by atoms with Crippen LogP contribution in [0.25, 0.3) is 0 Å². The van der Waals surface area contributed by atoms with Crippen molar-refractivity contribution in [3.63, 3.8) is 0 Å². The van der Waals surface area contributed by atoms with Gasteiger partial charge in [0.1, 0.15) is 12.3 Å². The third-order valence-electron chi connectivity index (χ3n) is 4.78. The van der Waals surface area contributed by atoms with Crippen molar-refractivity contribution in [1.29, 1.82) is 0 Å². The molecule has 0 aliphatic carbocycles. The first-order valence-corrected chi connectivity index (χ1v) is 9.77. The average molecular weight is 376 g/mol. The molecule has 150 valence electrons. The molecule has 2 rings (SSSR count). The lowest BCUT2D eigenvalue weighted by Crippen LogP contribution is -2.55. The van der Waals surface area contributed by atoms with E-state index >= 15 is 0 Å². The van der Waals surface area contributed by atoms with E-state index < -0.39 is 0 Å². The maximum Gasteiger partial charge on any atom is 0.246 e. The SMILES string of the molecule is CCNC(=NCC(=O)Nc1ccc(O)cc1)NCC(C)(C)N1CCCCC1. The molecule has 0 spiro atoms. The number of amides is 1. The number of aliphatic imine (C=N–C) groups is 1. The lowest BCUT2D eigenvalue weighted by Gasteiger charge is -2.41. The molecule has 1 saturated heterocycles. The molecule has 7 heteroatoms. The molecule has 1 amide bonds. The summed E-state index contributed by atoms with van der Waals surface area (Å²) in [5, 5.41) is 18.6. The number of rotatable bonds is 7. The summed E-state index contributed by atoms with van der Waals surface area (Å²) in [6.07, 6.45) is 3.84. The number of aromatic hydroxyl groups is 1. The maximum atomic E-state index is 12.1. The van der Waals surface area contributed by atoms with E-state index in [0.29, 0.717) is 11.6 Å². The molecule has 1 aromatic rings. The number of carbonyl (C=O) groups excluding carboxylic acids is 1. The largest absolute Gasteiger partial charge is 0.508 e. The predicted molar refractivity (Wildman–Crippen MR) is 110 cm³/mol. The van der Waals surface area contributed by atoms with Crippen molar-refractivity contribution >= 4 is 17.6 Å². The first-order chi connectivity index (χ1) is 12.9. The van der Waals surface area contributed by atoms with Crippen molar-refractivity contribution in [3.05, 3.63) is 24.3 Å². The van der Waals surface area contributed by atoms with Crippen LogP contribution in [0.2, 0.25) is 0 Å². The standard InChI is InChI=1S/C20H33N5O2/c1-4-21-19(23-15-20(2,3)25-12-6-5-7-13-25)22-14-18(27)24-16-8-10-17(26)11-9-16/h8-11,26H,4-7,12-15H2,1-3H3,(H,24,27)(H2,21,22,23). The summed E-state index contributed by atoms with van der Waals surface area (Å²) < 4.78 is 0. The van der Waals surface area contributed by atoms with Gasteiger partial charge in [0.2, 0.25) is 5.91 Å². The zero-order chi connectivity index (χ0) is 19.7. The van der Waals surface area contributed by atoms with E-state index in [1.54, 1.807) is 12.1 Å². The monoisotopic (exact) mass is 375 g/mol. The highest BCUT2D eigenvalue weighted by Gasteiger charge is 2.27. The molecular formula is C20H33N5O2. The van der Waals surface area contributed by atoms with Crippen LogP contribution in [0.4, 0.5) is 5.69 Å². The summed E-state index contributed by atoms with van der Waals surface area (Å²) in [6.45, 7) is 10.3. The third-order valence-corrected chi connectivity index (χ3v) is 4.78. The number of nitrogens with one attached hydrogen (secondary N) is 3. The zero-order valence-corrected chi connectivity index (χ0v) is 16.7. The van der Waals surface area contributed by atoms with Gasteiger partial charge in [-0.15, -0.1) is 0 Å². The Morgan fingerprint density at radius 3 is 2.44 bits per heavy atom. The Balaban J connectivity index is 1.86. The highest BCUT2D eigenvalue weighted by atomic mass is 16.3. The normalized spacial score (nSPS) is 16.0. The fourth-order valence-corrected chi connectivity index (χ4v) is 3.15. The van der Waals surface area contributed by atoms with Gasteiger partial charge >= 0.3 is 0 Å². The number of guanidine groups is 1. The van der Waals surface area contributed by atoms with Gasteiger partial charge in [-0.25, -0.2) is 4.99 Å². The number of anilines is 1. The first kappa shape index (κ1) is 21.0. The van der Waals surface area contributed by atoms with Crippen LogP contribution in [0, 0.1) is 0 Å². The quantitative estimate of drug-likeness (QED) is 0.333. The molecule has 1 fully saturated rings. The van der Waals surface area contributed by atoms with Crippen LogP contribution in [0.15, 0.2) is 29.3 Å². The van der Waals surface area contributed by atoms with E-state index in [-0.39, 0.29) is 23.7 Å². The van der Waals surface area contributed by atoms with Gasteiger partial charge in [-0.2, -0.15) is 0 Å². The average Bonchev–Trinajstić information content (AvgIpc) is 2.66. The van der Waals surface area contributed by atoms with Crippen LogP contribution >= 0.6 is 0 Å². The van der Waals surface area contributed by atoms with Gasteiger partial charge in [0.25, 0.3) is 0 Å². The zero-order valence-electron chi connectivity index (χ0n) is 16.7. The van der Waals surface area contributed by atoms with Crippen molar-refractivity contribution in [2.24, 2.45) is 4.99 Å². The molecule has 0 radical (unpaired) electrons. The third kappa shape index (κ3) is 7.09. The number of hydrogen-bond donors (Lipinski definition) is 4. The van der Waals surface area contributed by atoms with Crippen molar-refractivity contribution in [2.75, 3.05) is 38.0 Å². The Kier molecular flexibility index (Phi) is 7.91. The number of hydrogen-bond acceptors (Lipinski definition) is 4. The van der Waals surface area contributed by atoms with Crippen molar-refractivity contribution in [3.8, 4) is 5.75 Å². The molecule has 0 bridgehead atoms. The number of phenols is 1. The van der Waals surface area contributed by atoms with Crippen LogP contribution in [-0.2, 0) is 4.79 Å². The number of phenolic OH excluding ortho intramolecular Hbond substituents is 1. The maximum absolute atomic E-state index is 12.1. The summed E-state index contributed by atoms with van der Waals surface area (Å²) in [7, 11) is 0. The lowest BCUT2D eigenvalue weighted by molar-refractivity contribution is -0.114. The number of likely N-dealkylation sites (tertiary alicyclic amines) is 1. The molecule has 4 N–H and O–H groups in total. The van der Waals surface area contributed by atoms with Gasteiger partial charge < -0.3 is 21.1 Å². The molecule has 1 heterocycles. The molecule has 7 nitrogen and oxygen atoms in total. The minimum atomic E-state index is -0.201. The predicted octanol–water partition coefficient (Wildman–Crippen LogP) is 2.15. The summed E-state index contributed by atoms with van der Waals surface area (Å²) in [4.78, 5) is 19.0. The molecular weight excluding hydrogens is 342 g/mol. The first-order valence-electron chi connectivity index (χ1n) is 9.77. The molecule has 0 aromatic heterocycles. The highest BCUT2D eigenvalue weighted by molar-refractivity contribution is 5.94. The fourth-order valence-electron chi connectivity index (χ4n) is 3.15. The number of nitrogens with zero attached hydrogens (tertiary/aromatic N) is 2. The molecule has 0 unspecified atom stereocenters. The minimum absolute atomic E-state index is 0.0281. The van der Waals surface area contributed by atoms with Crippen molar-refractivity contribution in [1.82, 2.24) is 15.5 Å². The van der Waals surface area contributed by atoms with Crippen LogP contribution in [-0.4, -0.2) is 60.1 Å². The Morgan fingerprint density at radius 1 is 1.15 bits per heavy atom. The second-order valence-electron chi connectivity index (χ2n) is 7.50. The fraction of sp³-hybridized carbons (Fsp3) is 0.600. The van der Waals surface area contributed by atoms with E-state index in [1.807, 2.05) is 6.92 Å². The smallest absolute Gasteiger partial charge is 0.246 e. The Labute approximate surface area is 162 Å². The molecule has 0 saturated carbocycles. The van der Waals surface area contributed by atoms with Crippen LogP contribution in [0.5, 0.6) is 5.75 Å². The van der Waals surface area contributed by atoms with Gasteiger partial charge in [-0.1, -0.05) is 6.42 Å². The Morgan fingerprint density at radius 2 is 1.81 bits per heavy atom. The minimum Gasteiger partial charge on any atom is -0.508 e. The van der Waals surface area contributed by atoms with Gasteiger partial charge in [0, 0.05) is 24.3 Å². The second kappa shape index (κ2) is 10.2. The Bertz CT molecular complexity index is 622. The summed E-state index contributed by atoms with van der Waals surface area (Å²) in [5.41, 5.74) is 0.669. The molecule has 0 atom stereocenters. The van der Waals surface area contributed by atoms with E-state index in [9.17, 15) is 9.90 Å². The van der Waals surface area contributed by atoms with Gasteiger partial charge in [-0.3, -0.25) is 9.69 Å². The molecule has 27 heavy (non-hydrogen) atoms. The van der Waals surface area contributed by atoms with Gasteiger partial charge in [0.15, 0.2) is 5.96 Å². The van der Waals surface area contributed by atoms with E-state index in [1.165, 1.54) is 31.4 Å². The molecule has 1 aromatic carbocycles. The molecule has 1 aliphatic heterocycles. The Hall–Kier alpha value is -2.28. The van der Waals surface area contributed by atoms with Crippen LogP contribution in [0.1, 0.15) is 40.0 Å². The van der Waals surface area contributed by atoms with E-state index in [4.69, 9.17) is 0 Å². The van der Waals surface area contributed by atoms with Crippen molar-refractivity contribution in [2.45, 2.75) is 45.6 Å². The van der Waals surface area contributed by atoms with Gasteiger partial charge in [0.05, 0.1) is 0 Å².